The van der Waals surface area contributed by atoms with Gasteiger partial charge < -0.3 is 9.80 Å². The van der Waals surface area contributed by atoms with Gasteiger partial charge in [-0.3, -0.25) is 0 Å². The number of nitrogens with zero attached hydrogens (tertiary/aromatic N) is 3. The highest BCUT2D eigenvalue weighted by molar-refractivity contribution is 9.10. The van der Waals surface area contributed by atoms with Crippen molar-refractivity contribution in [2.75, 3.05) is 16.5 Å². The quantitative estimate of drug-likeness (QED) is 0.317. The summed E-state index contributed by atoms with van der Waals surface area (Å²) in [5, 5.41) is 0. The van der Waals surface area contributed by atoms with Crippen LogP contribution < -0.4 is 9.80 Å². The number of hydrogen-bond donors (Lipinski definition) is 0. The summed E-state index contributed by atoms with van der Waals surface area (Å²) in [5.74, 6) is 0. The van der Waals surface area contributed by atoms with Gasteiger partial charge >= 0.3 is 0 Å². The van der Waals surface area contributed by atoms with E-state index in [4.69, 9.17) is 4.99 Å². The van der Waals surface area contributed by atoms with E-state index in [0.29, 0.717) is 0 Å². The average molecular weight is 468 g/mol. The van der Waals surface area contributed by atoms with E-state index >= 15 is 0 Å². The third kappa shape index (κ3) is 4.25. The first-order valence-corrected chi connectivity index (χ1v) is 11.1. The van der Waals surface area contributed by atoms with Crippen LogP contribution in [0.15, 0.2) is 119 Å². The fourth-order valence-corrected chi connectivity index (χ4v) is 4.16. The number of benzene rings is 4. The fourth-order valence-electron chi connectivity index (χ4n) is 3.90. The molecule has 31 heavy (non-hydrogen) atoms. The van der Waals surface area contributed by atoms with Crippen molar-refractivity contribution in [2.45, 2.75) is 6.17 Å². The number of anilines is 2. The molecular formula is C27H22BrN3. The van der Waals surface area contributed by atoms with Crippen LogP contribution in [-0.2, 0) is 0 Å². The first kappa shape index (κ1) is 19.6. The largest absolute Gasteiger partial charge is 0.328 e. The third-order valence-corrected chi connectivity index (χ3v) is 6.01. The molecule has 0 saturated heterocycles. The van der Waals surface area contributed by atoms with Crippen LogP contribution in [0.1, 0.15) is 11.7 Å². The second-order valence-corrected chi connectivity index (χ2v) is 8.44. The summed E-state index contributed by atoms with van der Waals surface area (Å²) in [4.78, 5) is 9.51. The lowest BCUT2D eigenvalue weighted by atomic mass is 10.0. The highest BCUT2D eigenvalue weighted by atomic mass is 79.9. The van der Waals surface area contributed by atoms with E-state index in [2.05, 4.69) is 129 Å². The molecule has 4 aromatic rings. The van der Waals surface area contributed by atoms with Crippen molar-refractivity contribution in [3.8, 4) is 11.1 Å². The smallest absolute Gasteiger partial charge is 0.150 e. The molecule has 3 nitrogen and oxygen atoms in total. The van der Waals surface area contributed by atoms with Crippen molar-refractivity contribution in [3.05, 3.63) is 119 Å². The number of para-hydroxylation sites is 2. The SMILES string of the molecule is Brc1ccc(-c2cccc(C3N=CN(c4ccccc4)CN3c3ccccc3)c2)cc1. The molecule has 1 aliphatic rings. The van der Waals surface area contributed by atoms with Gasteiger partial charge in [0.15, 0.2) is 0 Å². The van der Waals surface area contributed by atoms with Gasteiger partial charge in [0.2, 0.25) is 0 Å². The lowest BCUT2D eigenvalue weighted by molar-refractivity contribution is 0.631. The maximum absolute atomic E-state index is 4.98. The van der Waals surface area contributed by atoms with Crippen LogP contribution >= 0.6 is 15.9 Å². The van der Waals surface area contributed by atoms with Crippen LogP contribution in [0.25, 0.3) is 11.1 Å². The molecule has 1 heterocycles. The average Bonchev–Trinajstić information content (AvgIpc) is 2.85. The number of halogens is 1. The number of aliphatic imine (C=N–C) groups is 1. The number of rotatable bonds is 4. The maximum Gasteiger partial charge on any atom is 0.150 e. The Balaban J connectivity index is 1.53. The summed E-state index contributed by atoms with van der Waals surface area (Å²) < 4.78 is 1.08. The molecule has 0 amide bonds. The number of hydrogen-bond acceptors (Lipinski definition) is 3. The van der Waals surface area contributed by atoms with Crippen molar-refractivity contribution in [2.24, 2.45) is 4.99 Å². The minimum atomic E-state index is -0.0854. The highest BCUT2D eigenvalue weighted by Crippen LogP contribution is 2.34. The summed E-state index contributed by atoms with van der Waals surface area (Å²) in [6.07, 6.45) is 1.88. The summed E-state index contributed by atoms with van der Waals surface area (Å²) in [7, 11) is 0. The molecule has 1 atom stereocenters. The molecule has 0 aliphatic carbocycles. The zero-order chi connectivity index (χ0) is 21.0. The van der Waals surface area contributed by atoms with Crippen LogP contribution in [0.3, 0.4) is 0 Å². The van der Waals surface area contributed by atoms with Gasteiger partial charge in [-0.25, -0.2) is 4.99 Å². The van der Waals surface area contributed by atoms with Crippen LogP contribution in [0.5, 0.6) is 0 Å². The van der Waals surface area contributed by atoms with E-state index in [1.165, 1.54) is 16.7 Å². The van der Waals surface area contributed by atoms with Gasteiger partial charge in [0.25, 0.3) is 0 Å². The van der Waals surface area contributed by atoms with Gasteiger partial charge in [0.1, 0.15) is 6.17 Å². The van der Waals surface area contributed by atoms with E-state index in [-0.39, 0.29) is 6.17 Å². The van der Waals surface area contributed by atoms with Gasteiger partial charge in [0.05, 0.1) is 13.0 Å². The Labute approximate surface area is 191 Å². The minimum absolute atomic E-state index is 0.0854. The summed E-state index contributed by atoms with van der Waals surface area (Å²) in [5.41, 5.74) is 5.85. The van der Waals surface area contributed by atoms with Gasteiger partial charge in [0, 0.05) is 15.8 Å². The van der Waals surface area contributed by atoms with Gasteiger partial charge in [-0.2, -0.15) is 0 Å². The predicted molar refractivity (Wildman–Crippen MR) is 134 cm³/mol. The van der Waals surface area contributed by atoms with Crippen molar-refractivity contribution in [1.29, 1.82) is 0 Å². The monoisotopic (exact) mass is 467 g/mol. The van der Waals surface area contributed by atoms with Crippen LogP contribution in [0, 0.1) is 0 Å². The Morgan fingerprint density at radius 2 is 1.35 bits per heavy atom. The molecular weight excluding hydrogens is 446 g/mol. The normalized spacial score (nSPS) is 15.8. The molecule has 4 heteroatoms. The van der Waals surface area contributed by atoms with Gasteiger partial charge in [-0.05, 0) is 59.2 Å². The zero-order valence-corrected chi connectivity index (χ0v) is 18.6. The first-order valence-electron chi connectivity index (χ1n) is 10.3. The Hall–Kier alpha value is -3.37. The minimum Gasteiger partial charge on any atom is -0.328 e. The first-order chi connectivity index (χ1) is 15.3. The van der Waals surface area contributed by atoms with E-state index in [1.54, 1.807) is 0 Å². The lowest BCUT2D eigenvalue weighted by Gasteiger charge is -2.39. The van der Waals surface area contributed by atoms with Crippen molar-refractivity contribution < 1.29 is 0 Å². The molecule has 0 radical (unpaired) electrons. The van der Waals surface area contributed by atoms with Crippen molar-refractivity contribution in [3.63, 3.8) is 0 Å². The Morgan fingerprint density at radius 1 is 0.677 bits per heavy atom. The third-order valence-electron chi connectivity index (χ3n) is 5.49. The molecule has 0 spiro atoms. The van der Waals surface area contributed by atoms with E-state index in [9.17, 15) is 0 Å². The highest BCUT2D eigenvalue weighted by Gasteiger charge is 2.26. The Bertz CT molecular complexity index is 1170. The molecule has 0 aromatic heterocycles. The molecule has 0 N–H and O–H groups in total. The molecule has 4 aromatic carbocycles. The van der Waals surface area contributed by atoms with Crippen molar-refractivity contribution in [1.82, 2.24) is 0 Å². The van der Waals surface area contributed by atoms with E-state index in [0.717, 1.165) is 22.5 Å². The second kappa shape index (κ2) is 8.78. The predicted octanol–water partition coefficient (Wildman–Crippen LogP) is 7.13. The second-order valence-electron chi connectivity index (χ2n) is 7.52. The molecule has 152 valence electrons. The fraction of sp³-hybridized carbons (Fsp3) is 0.0741. The lowest BCUT2D eigenvalue weighted by Crippen LogP contribution is -2.43. The summed E-state index contributed by atoms with van der Waals surface area (Å²) >= 11 is 3.52. The maximum atomic E-state index is 4.98. The van der Waals surface area contributed by atoms with Crippen LogP contribution in [-0.4, -0.2) is 13.0 Å². The molecule has 5 rings (SSSR count). The van der Waals surface area contributed by atoms with Gasteiger partial charge in [-0.15, -0.1) is 0 Å². The topological polar surface area (TPSA) is 18.8 Å². The zero-order valence-electron chi connectivity index (χ0n) is 17.0. The van der Waals surface area contributed by atoms with E-state index < -0.39 is 0 Å². The Kier molecular flexibility index (Phi) is 5.55. The summed E-state index contributed by atoms with van der Waals surface area (Å²) in [6, 6.07) is 38.0. The standard InChI is InChI=1S/C27H22BrN3/c28-24-16-14-21(15-17-24)22-8-7-9-23(18-22)27-29-19-30(25-10-3-1-4-11-25)20-31(27)26-12-5-2-6-13-26/h1-19,27H,20H2. The van der Waals surface area contributed by atoms with Crippen LogP contribution in [0.2, 0.25) is 0 Å². The van der Waals surface area contributed by atoms with E-state index in [1.807, 2.05) is 12.4 Å². The molecule has 0 saturated carbocycles. The van der Waals surface area contributed by atoms with Gasteiger partial charge in [-0.1, -0.05) is 82.7 Å². The molecule has 0 bridgehead atoms. The summed E-state index contributed by atoms with van der Waals surface area (Å²) in [6.45, 7) is 0.727. The molecule has 0 fully saturated rings. The molecule has 1 unspecified atom stereocenters. The van der Waals surface area contributed by atoms with Crippen LogP contribution in [0.4, 0.5) is 11.4 Å². The Morgan fingerprint density at radius 3 is 2.06 bits per heavy atom. The van der Waals surface area contributed by atoms with Crippen molar-refractivity contribution >= 4 is 33.6 Å². The molecule has 1 aliphatic heterocycles.